The highest BCUT2D eigenvalue weighted by molar-refractivity contribution is 5.94. The van der Waals surface area contributed by atoms with Gasteiger partial charge in [0.2, 0.25) is 11.8 Å². The molecule has 0 saturated heterocycles. The lowest BCUT2D eigenvalue weighted by molar-refractivity contribution is -0.139. The van der Waals surface area contributed by atoms with Gasteiger partial charge in [-0.1, -0.05) is 35.5 Å². The van der Waals surface area contributed by atoms with Gasteiger partial charge in [0, 0.05) is 12.1 Å². The lowest BCUT2D eigenvalue weighted by Crippen LogP contribution is -2.41. The predicted molar refractivity (Wildman–Crippen MR) is 90.7 cm³/mol. The third-order valence-corrected chi connectivity index (χ3v) is 3.85. The second-order valence-electron chi connectivity index (χ2n) is 6.10. The van der Waals surface area contributed by atoms with Gasteiger partial charge in [0.1, 0.15) is 18.9 Å². The molecule has 1 aromatic heterocycles. The highest BCUT2D eigenvalue weighted by atomic mass is 16.5. The second-order valence-corrected chi connectivity index (χ2v) is 6.10. The molecule has 1 fully saturated rings. The van der Waals surface area contributed by atoms with Crippen molar-refractivity contribution in [3.63, 3.8) is 0 Å². The monoisotopic (exact) mass is 343 g/mol. The van der Waals surface area contributed by atoms with E-state index in [0.29, 0.717) is 18.2 Å². The number of anilines is 1. The van der Waals surface area contributed by atoms with Crippen molar-refractivity contribution in [1.82, 2.24) is 10.1 Å². The number of rotatable bonds is 8. The number of aryl methyl sites for hydroxylation is 1. The molecule has 0 aliphatic heterocycles. The van der Waals surface area contributed by atoms with Gasteiger partial charge in [0.05, 0.1) is 6.61 Å². The molecule has 132 valence electrons. The van der Waals surface area contributed by atoms with Crippen LogP contribution in [0.15, 0.2) is 40.9 Å². The zero-order chi connectivity index (χ0) is 17.6. The largest absolute Gasteiger partial charge is 0.367 e. The third kappa shape index (κ3) is 5.15. The summed E-state index contributed by atoms with van der Waals surface area (Å²) in [5.74, 6) is 0.493. The molecule has 0 atom stereocenters. The molecule has 1 aromatic carbocycles. The quantitative estimate of drug-likeness (QED) is 0.794. The summed E-state index contributed by atoms with van der Waals surface area (Å²) in [6.45, 7) is 2.06. The van der Waals surface area contributed by atoms with Crippen LogP contribution in [0.25, 0.3) is 0 Å². The summed E-state index contributed by atoms with van der Waals surface area (Å²) in [5, 5.41) is 6.35. The predicted octanol–water partition coefficient (Wildman–Crippen LogP) is 2.13. The summed E-state index contributed by atoms with van der Waals surface area (Å²) in [7, 11) is 0. The fourth-order valence-electron chi connectivity index (χ4n) is 2.48. The fourth-order valence-corrected chi connectivity index (χ4v) is 2.48. The maximum atomic E-state index is 12.4. The van der Waals surface area contributed by atoms with E-state index in [-0.39, 0.29) is 31.0 Å². The van der Waals surface area contributed by atoms with E-state index >= 15 is 0 Å². The van der Waals surface area contributed by atoms with Crippen molar-refractivity contribution in [2.75, 3.05) is 18.5 Å². The Labute approximate surface area is 145 Å². The Hall–Kier alpha value is -2.67. The summed E-state index contributed by atoms with van der Waals surface area (Å²) >= 11 is 0. The van der Waals surface area contributed by atoms with Gasteiger partial charge in [-0.3, -0.25) is 9.59 Å². The zero-order valence-corrected chi connectivity index (χ0v) is 14.1. The number of aromatic nitrogens is 1. The van der Waals surface area contributed by atoms with Gasteiger partial charge in [-0.2, -0.15) is 0 Å². The van der Waals surface area contributed by atoms with Crippen molar-refractivity contribution in [3.05, 3.63) is 47.7 Å². The first-order chi connectivity index (χ1) is 12.1. The molecule has 1 heterocycles. The number of nitrogens with zero attached hydrogens (tertiary/aromatic N) is 2. The molecule has 1 aliphatic rings. The molecule has 0 radical (unpaired) electrons. The number of hydrogen-bond donors (Lipinski definition) is 1. The van der Waals surface area contributed by atoms with Crippen LogP contribution in [0.4, 0.5) is 5.82 Å². The molecule has 2 aromatic rings. The Morgan fingerprint density at radius 2 is 2.08 bits per heavy atom. The first-order valence-electron chi connectivity index (χ1n) is 8.26. The van der Waals surface area contributed by atoms with E-state index in [4.69, 9.17) is 9.26 Å². The minimum Gasteiger partial charge on any atom is -0.367 e. The van der Waals surface area contributed by atoms with E-state index in [1.807, 2.05) is 30.3 Å². The van der Waals surface area contributed by atoms with Crippen molar-refractivity contribution >= 4 is 17.6 Å². The molecule has 1 N–H and O–H groups in total. The number of carbonyl (C=O) groups excluding carboxylic acids is 2. The Morgan fingerprint density at radius 3 is 2.72 bits per heavy atom. The van der Waals surface area contributed by atoms with Gasteiger partial charge in [-0.15, -0.1) is 0 Å². The Kier molecular flexibility index (Phi) is 5.45. The number of amides is 2. The summed E-state index contributed by atoms with van der Waals surface area (Å²) < 4.78 is 10.4. The van der Waals surface area contributed by atoms with Crippen LogP contribution in [0.5, 0.6) is 0 Å². The Balaban J connectivity index is 1.48. The van der Waals surface area contributed by atoms with Crippen molar-refractivity contribution in [2.24, 2.45) is 0 Å². The van der Waals surface area contributed by atoms with E-state index in [2.05, 4.69) is 10.5 Å². The highest BCUT2D eigenvalue weighted by Crippen LogP contribution is 2.26. The molecule has 7 nitrogen and oxygen atoms in total. The van der Waals surface area contributed by atoms with Crippen LogP contribution < -0.4 is 5.32 Å². The molecule has 0 spiro atoms. The first-order valence-corrected chi connectivity index (χ1v) is 8.26. The molecule has 25 heavy (non-hydrogen) atoms. The fraction of sp³-hybridized carbons (Fsp3) is 0.389. The Morgan fingerprint density at radius 1 is 1.32 bits per heavy atom. The molecule has 0 unspecified atom stereocenters. The van der Waals surface area contributed by atoms with Crippen LogP contribution in [-0.4, -0.2) is 41.1 Å². The van der Waals surface area contributed by atoms with E-state index in [1.165, 1.54) is 0 Å². The van der Waals surface area contributed by atoms with Crippen LogP contribution in [0.1, 0.15) is 24.2 Å². The lowest BCUT2D eigenvalue weighted by atomic mass is 10.2. The van der Waals surface area contributed by atoms with E-state index in [0.717, 1.165) is 18.4 Å². The maximum absolute atomic E-state index is 12.4. The van der Waals surface area contributed by atoms with Gasteiger partial charge in [-0.05, 0) is 25.3 Å². The average molecular weight is 343 g/mol. The normalized spacial score (nSPS) is 13.5. The first kappa shape index (κ1) is 17.2. The molecule has 2 amide bonds. The lowest BCUT2D eigenvalue weighted by Gasteiger charge is -2.21. The van der Waals surface area contributed by atoms with Crippen molar-refractivity contribution in [1.29, 1.82) is 0 Å². The SMILES string of the molecule is Cc1cc(NC(=O)CN(C(=O)COCc2ccccc2)C2CC2)no1. The molecule has 1 aliphatic carbocycles. The summed E-state index contributed by atoms with van der Waals surface area (Å²) in [5.41, 5.74) is 1.01. The number of nitrogens with one attached hydrogen (secondary N) is 1. The van der Waals surface area contributed by atoms with E-state index in [1.54, 1.807) is 17.9 Å². The van der Waals surface area contributed by atoms with Crippen LogP contribution >= 0.6 is 0 Å². The highest BCUT2D eigenvalue weighted by Gasteiger charge is 2.33. The van der Waals surface area contributed by atoms with Crippen molar-refractivity contribution in [2.45, 2.75) is 32.4 Å². The maximum Gasteiger partial charge on any atom is 0.249 e. The van der Waals surface area contributed by atoms with Gasteiger partial charge in [0.25, 0.3) is 0 Å². The number of carbonyl (C=O) groups is 2. The molecule has 3 rings (SSSR count). The van der Waals surface area contributed by atoms with Gasteiger partial charge in [-0.25, -0.2) is 0 Å². The summed E-state index contributed by atoms with van der Waals surface area (Å²) in [6, 6.07) is 11.4. The number of benzene rings is 1. The molecule has 1 saturated carbocycles. The van der Waals surface area contributed by atoms with Gasteiger partial charge in [0.15, 0.2) is 5.82 Å². The number of hydrogen-bond acceptors (Lipinski definition) is 5. The molecular formula is C18H21N3O4. The summed E-state index contributed by atoms with van der Waals surface area (Å²) in [6.07, 6.45) is 1.83. The van der Waals surface area contributed by atoms with Crippen LogP contribution in [0, 0.1) is 6.92 Å². The third-order valence-electron chi connectivity index (χ3n) is 3.85. The summed E-state index contributed by atoms with van der Waals surface area (Å²) in [4.78, 5) is 26.1. The van der Waals surface area contributed by atoms with E-state index < -0.39 is 0 Å². The van der Waals surface area contributed by atoms with E-state index in [9.17, 15) is 9.59 Å². The topological polar surface area (TPSA) is 84.7 Å². The minimum absolute atomic E-state index is 0.00982. The molecule has 7 heteroatoms. The Bertz CT molecular complexity index is 725. The smallest absolute Gasteiger partial charge is 0.249 e. The van der Waals surface area contributed by atoms with Gasteiger partial charge < -0.3 is 19.5 Å². The number of ether oxygens (including phenoxy) is 1. The van der Waals surface area contributed by atoms with Crippen LogP contribution in [0.2, 0.25) is 0 Å². The minimum atomic E-state index is -0.295. The van der Waals surface area contributed by atoms with Crippen LogP contribution in [0.3, 0.4) is 0 Å². The molecular weight excluding hydrogens is 322 g/mol. The van der Waals surface area contributed by atoms with Crippen LogP contribution in [-0.2, 0) is 20.9 Å². The second kappa shape index (κ2) is 7.94. The van der Waals surface area contributed by atoms with Crippen molar-refractivity contribution < 1.29 is 18.8 Å². The molecule has 0 bridgehead atoms. The standard InChI is InChI=1S/C18H21N3O4/c1-13-9-16(20-25-13)19-17(22)10-21(15-7-8-15)18(23)12-24-11-14-5-3-2-4-6-14/h2-6,9,15H,7-8,10-12H2,1H3,(H,19,20,22). The van der Waals surface area contributed by atoms with Gasteiger partial charge >= 0.3 is 0 Å². The average Bonchev–Trinajstić information content (AvgIpc) is 3.36. The van der Waals surface area contributed by atoms with Crippen molar-refractivity contribution in [3.8, 4) is 0 Å². The zero-order valence-electron chi connectivity index (χ0n) is 14.1.